The zero-order valence-electron chi connectivity index (χ0n) is 72.8. The average molecular weight is 1640 g/mol. The van der Waals surface area contributed by atoms with Crippen molar-refractivity contribution in [2.45, 2.75) is 56.3 Å². The Bertz CT molecular complexity index is 7800. The zero-order valence-corrected chi connectivity index (χ0v) is 72.8. The highest BCUT2D eigenvalue weighted by atomic mass is 14.6. The van der Waals surface area contributed by atoms with Crippen LogP contribution in [0.3, 0.4) is 0 Å². The lowest BCUT2D eigenvalue weighted by Gasteiger charge is -2.32. The second-order valence-electron chi connectivity index (χ2n) is 36.4. The topological polar surface area (TPSA) is 0 Å². The van der Waals surface area contributed by atoms with Gasteiger partial charge in [-0.2, -0.15) is 0 Å². The van der Waals surface area contributed by atoms with Crippen molar-refractivity contribution in [1.82, 2.24) is 0 Å². The molecule has 28 rings (SSSR count). The van der Waals surface area contributed by atoms with Gasteiger partial charge in [0.25, 0.3) is 0 Å². The van der Waals surface area contributed by atoms with Gasteiger partial charge >= 0.3 is 0 Å². The highest BCUT2D eigenvalue weighted by Gasteiger charge is 2.57. The van der Waals surface area contributed by atoms with Gasteiger partial charge in [-0.3, -0.25) is 0 Å². The summed E-state index contributed by atoms with van der Waals surface area (Å²) in [4.78, 5) is 0. The van der Waals surface area contributed by atoms with Gasteiger partial charge in [-0.1, -0.05) is 477 Å². The fourth-order valence-corrected chi connectivity index (χ4v) is 25.1. The molecule has 0 bridgehead atoms. The van der Waals surface area contributed by atoms with Crippen LogP contribution in [0.25, 0.3) is 134 Å². The third-order valence-corrected chi connectivity index (χ3v) is 29.7. The number of fused-ring (bicyclic) bond motifs is 40. The van der Waals surface area contributed by atoms with Crippen LogP contribution in [0.15, 0.2) is 455 Å². The predicted octanol–water partition coefficient (Wildman–Crippen LogP) is 32.3. The van der Waals surface area contributed by atoms with E-state index in [0.717, 1.165) is 0 Å². The fourth-order valence-electron chi connectivity index (χ4n) is 25.1. The average Bonchev–Trinajstić information content (AvgIpc) is 1.52. The summed E-state index contributed by atoms with van der Waals surface area (Å²) in [6.07, 6.45) is 0. The standard InChI is InChI=1S/C33H24.3C32H22/c1-21-18-22(2)20-23(19-21)24-13-9-14-28-27-12-5-8-17-31(27)33(32(24)28)29-15-6-3-10-25(29)26-11-4-7-16-30(26)33;1-21-10-8-11-22(20-21)23-15-9-16-27-26-14-4-7-19-30(26)32(31(23)27)28-17-5-2-12-24(28)25-13-3-6-18-29(25)32;1-21-17-19-22(20-18-21)23-12-8-13-27-26-11-4-7-16-30(26)32(31(23)27)28-14-5-2-9-24(28)25-10-3-6-15-29(25)32;1-21-11-2-3-12-22(21)26-16-10-17-27-25-15-6-9-20-30(25)32(31(26)27)28-18-7-4-13-23(28)24-14-5-8-19-29(24)32/h3-20H,1-2H3;3*2-20H,1H3. The summed E-state index contributed by atoms with van der Waals surface area (Å²) in [7, 11) is 0. The first-order valence-electron chi connectivity index (χ1n) is 45.6. The molecule has 4 spiro atoms. The second-order valence-corrected chi connectivity index (χ2v) is 36.4. The van der Waals surface area contributed by atoms with E-state index in [0.29, 0.717) is 0 Å². The molecule has 0 unspecified atom stereocenters. The van der Waals surface area contributed by atoms with Crippen LogP contribution < -0.4 is 0 Å². The monoisotopic (exact) mass is 1640 g/mol. The van der Waals surface area contributed by atoms with E-state index in [1.54, 1.807) is 0 Å². The van der Waals surface area contributed by atoms with Gasteiger partial charge in [-0.15, -0.1) is 0 Å². The van der Waals surface area contributed by atoms with Gasteiger partial charge in [0.15, 0.2) is 0 Å². The highest BCUT2D eigenvalue weighted by Crippen LogP contribution is 2.70. The van der Waals surface area contributed by atoms with Crippen LogP contribution in [0, 0.1) is 34.6 Å². The molecule has 0 aliphatic heterocycles. The lowest BCUT2D eigenvalue weighted by Crippen LogP contribution is -2.26. The van der Waals surface area contributed by atoms with E-state index < -0.39 is 0 Å². The van der Waals surface area contributed by atoms with Gasteiger partial charge in [-0.25, -0.2) is 0 Å². The Morgan fingerprint density at radius 2 is 0.310 bits per heavy atom. The summed E-state index contributed by atoms with van der Waals surface area (Å²) in [5.74, 6) is 0. The Morgan fingerprint density at radius 3 is 0.581 bits per heavy atom. The minimum atomic E-state index is -0.298. The molecule has 0 radical (unpaired) electrons. The number of rotatable bonds is 4. The first-order valence-corrected chi connectivity index (χ1v) is 45.6. The molecule has 8 aliphatic rings. The quantitative estimate of drug-likeness (QED) is 0.165. The Kier molecular flexibility index (Phi) is 17.2. The van der Waals surface area contributed by atoms with Crippen LogP contribution in [0.4, 0.5) is 0 Å². The third-order valence-electron chi connectivity index (χ3n) is 29.7. The van der Waals surface area contributed by atoms with E-state index in [1.807, 2.05) is 0 Å². The lowest BCUT2D eigenvalue weighted by molar-refractivity contribution is 0.795. The van der Waals surface area contributed by atoms with Crippen molar-refractivity contribution in [2.75, 3.05) is 0 Å². The maximum atomic E-state index is 2.35. The third kappa shape index (κ3) is 10.6. The Labute approximate surface area is 756 Å². The van der Waals surface area contributed by atoms with Crippen LogP contribution in [-0.4, -0.2) is 0 Å². The molecule has 0 nitrogen and oxygen atoms in total. The van der Waals surface area contributed by atoms with Gasteiger partial charge in [-0.05, 0) is 263 Å². The van der Waals surface area contributed by atoms with Crippen LogP contribution >= 0.6 is 0 Å². The second kappa shape index (κ2) is 29.2. The van der Waals surface area contributed by atoms with Gasteiger partial charge in [0, 0.05) is 0 Å². The normalized spacial score (nSPS) is 14.0. The highest BCUT2D eigenvalue weighted by molar-refractivity contribution is 6.04. The Balaban J connectivity index is 0.0000000931. The van der Waals surface area contributed by atoms with Gasteiger partial charge in [0.05, 0.1) is 21.7 Å². The lowest BCUT2D eigenvalue weighted by atomic mass is 9.68. The smallest absolute Gasteiger partial charge is 0.0620 e. The van der Waals surface area contributed by atoms with Crippen molar-refractivity contribution in [1.29, 1.82) is 0 Å². The van der Waals surface area contributed by atoms with E-state index >= 15 is 0 Å². The molecular formula is C129H90. The van der Waals surface area contributed by atoms with Crippen molar-refractivity contribution >= 4 is 0 Å². The summed E-state index contributed by atoms with van der Waals surface area (Å²) in [6.45, 7) is 11.0. The molecule has 0 amide bonds. The molecule has 20 aromatic carbocycles. The molecule has 0 saturated carbocycles. The molecule has 0 heterocycles. The van der Waals surface area contributed by atoms with E-state index in [2.05, 4.69) is 490 Å². The molecule has 0 heteroatoms. The summed E-state index contributed by atoms with van der Waals surface area (Å²) in [5, 5.41) is 0. The SMILES string of the molecule is Cc1cc(C)cc(-c2cccc3c2C2(c4ccccc4-c4ccccc42)c2ccccc2-3)c1.Cc1ccc(-c2cccc3c2C2(c4ccccc4-c4ccccc42)c2ccccc2-3)cc1.Cc1cccc(-c2cccc3c2C2(c4ccccc4-c4ccccc42)c2ccccc2-3)c1.Cc1ccccc1-c1cccc2c1C1(c3ccccc3-c3ccccc31)c1ccccc1-2. The number of benzene rings is 20. The Morgan fingerprint density at radius 1 is 0.116 bits per heavy atom. The summed E-state index contributed by atoms with van der Waals surface area (Å²) >= 11 is 0. The first-order chi connectivity index (χ1) is 63.6. The molecule has 0 saturated heterocycles. The Hall–Kier alpha value is -15.6. The molecule has 129 heavy (non-hydrogen) atoms. The van der Waals surface area contributed by atoms with Crippen molar-refractivity contribution in [3.05, 3.63) is 572 Å². The zero-order chi connectivity index (χ0) is 86.0. The van der Waals surface area contributed by atoms with Crippen molar-refractivity contribution in [3.8, 4) is 134 Å². The van der Waals surface area contributed by atoms with Gasteiger partial charge in [0.1, 0.15) is 0 Å². The number of hydrogen-bond acceptors (Lipinski definition) is 0. The first kappa shape index (κ1) is 75.9. The molecule has 8 aliphatic carbocycles. The van der Waals surface area contributed by atoms with Gasteiger partial charge in [0.2, 0.25) is 0 Å². The summed E-state index contributed by atoms with van der Waals surface area (Å²) in [5.41, 5.74) is 59.9. The molecule has 0 fully saturated rings. The van der Waals surface area contributed by atoms with Crippen LogP contribution in [0.5, 0.6) is 0 Å². The van der Waals surface area contributed by atoms with Crippen LogP contribution in [0.1, 0.15) is 117 Å². The largest absolute Gasteiger partial charge is 0.0731 e. The number of hydrogen-bond donors (Lipinski definition) is 0. The maximum absolute atomic E-state index is 2.35. The molecule has 606 valence electrons. The van der Waals surface area contributed by atoms with Crippen molar-refractivity contribution in [2.24, 2.45) is 0 Å². The minimum absolute atomic E-state index is 0.291. The number of aryl methyl sites for hydroxylation is 5. The fraction of sp³-hybridized carbons (Fsp3) is 0.0698. The van der Waals surface area contributed by atoms with Crippen molar-refractivity contribution in [3.63, 3.8) is 0 Å². The van der Waals surface area contributed by atoms with E-state index in [1.165, 1.54) is 250 Å². The summed E-state index contributed by atoms with van der Waals surface area (Å²) < 4.78 is 0. The molecule has 0 atom stereocenters. The van der Waals surface area contributed by atoms with Crippen molar-refractivity contribution < 1.29 is 0 Å². The molecule has 20 aromatic rings. The van der Waals surface area contributed by atoms with E-state index in [-0.39, 0.29) is 21.7 Å². The van der Waals surface area contributed by atoms with E-state index in [4.69, 9.17) is 0 Å². The maximum Gasteiger partial charge on any atom is 0.0731 e. The minimum Gasteiger partial charge on any atom is -0.0620 e. The molecule has 0 N–H and O–H groups in total. The van der Waals surface area contributed by atoms with E-state index in [9.17, 15) is 0 Å². The predicted molar refractivity (Wildman–Crippen MR) is 536 cm³/mol. The molecular weight excluding hydrogens is 1550 g/mol. The molecule has 0 aromatic heterocycles. The van der Waals surface area contributed by atoms with Crippen LogP contribution in [-0.2, 0) is 21.7 Å². The van der Waals surface area contributed by atoms with Gasteiger partial charge < -0.3 is 0 Å². The summed E-state index contributed by atoms with van der Waals surface area (Å²) in [6, 6.07) is 169. The van der Waals surface area contributed by atoms with Crippen LogP contribution in [0.2, 0.25) is 0 Å².